The number of nitrogen functional groups attached to an aromatic ring is 1. The molecule has 2 N–H and O–H groups in total. The Balaban J connectivity index is 2.27. The second-order valence-electron chi connectivity index (χ2n) is 3.47. The van der Waals surface area contributed by atoms with Crippen molar-refractivity contribution in [2.24, 2.45) is 0 Å². The molecule has 1 aromatic carbocycles. The van der Waals surface area contributed by atoms with Crippen LogP contribution in [0.5, 0.6) is 0 Å². The van der Waals surface area contributed by atoms with Crippen LogP contribution in [0.2, 0.25) is 5.02 Å². The molecule has 0 saturated heterocycles. The third kappa shape index (κ3) is 1.99. The number of hydrogen-bond acceptors (Lipinski definition) is 3. The van der Waals surface area contributed by atoms with Gasteiger partial charge in [0.1, 0.15) is 5.82 Å². The molecule has 1 heterocycles. The smallest absolute Gasteiger partial charge is 0.168 e. The van der Waals surface area contributed by atoms with Gasteiger partial charge in [-0.1, -0.05) is 22.9 Å². The van der Waals surface area contributed by atoms with Gasteiger partial charge in [0.05, 0.1) is 17.3 Å². The summed E-state index contributed by atoms with van der Waals surface area (Å²) >= 11 is 5.59. The first kappa shape index (κ1) is 10.9. The molecule has 16 heavy (non-hydrogen) atoms. The van der Waals surface area contributed by atoms with Crippen LogP contribution in [0.15, 0.2) is 18.2 Å². The SMILES string of the molecule is Cc1c(N)nnn1Cc1ccc(Cl)c(F)c1. The van der Waals surface area contributed by atoms with Crippen molar-refractivity contribution < 1.29 is 4.39 Å². The van der Waals surface area contributed by atoms with E-state index in [1.807, 2.05) is 6.92 Å². The second kappa shape index (κ2) is 4.09. The van der Waals surface area contributed by atoms with Crippen molar-refractivity contribution in [3.05, 3.63) is 40.3 Å². The van der Waals surface area contributed by atoms with E-state index in [1.165, 1.54) is 12.1 Å². The zero-order valence-corrected chi connectivity index (χ0v) is 9.37. The Morgan fingerprint density at radius 2 is 2.25 bits per heavy atom. The summed E-state index contributed by atoms with van der Waals surface area (Å²) in [5, 5.41) is 7.68. The van der Waals surface area contributed by atoms with E-state index in [4.69, 9.17) is 17.3 Å². The predicted molar refractivity (Wildman–Crippen MR) is 59.7 cm³/mol. The molecule has 6 heteroatoms. The summed E-state index contributed by atoms with van der Waals surface area (Å²) < 4.78 is 14.8. The minimum Gasteiger partial charge on any atom is -0.381 e. The fraction of sp³-hybridized carbons (Fsp3) is 0.200. The molecule has 0 aliphatic rings. The van der Waals surface area contributed by atoms with E-state index in [-0.39, 0.29) is 5.02 Å². The van der Waals surface area contributed by atoms with Gasteiger partial charge in [0.2, 0.25) is 0 Å². The van der Waals surface area contributed by atoms with Gasteiger partial charge in [-0.2, -0.15) is 0 Å². The Bertz CT molecular complexity index is 524. The number of halogens is 2. The topological polar surface area (TPSA) is 56.7 Å². The lowest BCUT2D eigenvalue weighted by Crippen LogP contribution is -2.04. The normalized spacial score (nSPS) is 10.7. The molecule has 0 saturated carbocycles. The zero-order valence-electron chi connectivity index (χ0n) is 8.61. The third-order valence-corrected chi connectivity index (χ3v) is 2.64. The average molecular weight is 241 g/mol. The molecule has 0 spiro atoms. The molecule has 1 aromatic heterocycles. The summed E-state index contributed by atoms with van der Waals surface area (Å²) in [5.41, 5.74) is 7.08. The van der Waals surface area contributed by atoms with Crippen molar-refractivity contribution in [2.45, 2.75) is 13.5 Å². The second-order valence-corrected chi connectivity index (χ2v) is 3.87. The average Bonchev–Trinajstić information content (AvgIpc) is 2.55. The minimum atomic E-state index is -0.440. The monoisotopic (exact) mass is 240 g/mol. The lowest BCUT2D eigenvalue weighted by atomic mass is 10.2. The highest BCUT2D eigenvalue weighted by atomic mass is 35.5. The van der Waals surface area contributed by atoms with Crippen LogP contribution >= 0.6 is 11.6 Å². The molecular weight excluding hydrogens is 231 g/mol. The lowest BCUT2D eigenvalue weighted by Gasteiger charge is -2.04. The van der Waals surface area contributed by atoms with Gasteiger partial charge in [0.15, 0.2) is 5.82 Å². The first-order valence-electron chi connectivity index (χ1n) is 4.67. The van der Waals surface area contributed by atoms with E-state index < -0.39 is 5.82 Å². The van der Waals surface area contributed by atoms with Gasteiger partial charge >= 0.3 is 0 Å². The van der Waals surface area contributed by atoms with Crippen LogP contribution in [0.25, 0.3) is 0 Å². The first-order chi connectivity index (χ1) is 7.58. The fourth-order valence-electron chi connectivity index (χ4n) is 1.33. The summed E-state index contributed by atoms with van der Waals surface area (Å²) in [6.07, 6.45) is 0. The van der Waals surface area contributed by atoms with Gasteiger partial charge < -0.3 is 5.73 Å². The van der Waals surface area contributed by atoms with Gasteiger partial charge in [-0.3, -0.25) is 0 Å². The molecule has 4 nitrogen and oxygen atoms in total. The maximum atomic E-state index is 13.2. The summed E-state index contributed by atoms with van der Waals surface area (Å²) in [7, 11) is 0. The quantitative estimate of drug-likeness (QED) is 0.874. The number of hydrogen-bond donors (Lipinski definition) is 1. The van der Waals surface area contributed by atoms with Crippen molar-refractivity contribution in [3.63, 3.8) is 0 Å². The Morgan fingerprint density at radius 1 is 1.50 bits per heavy atom. The van der Waals surface area contributed by atoms with Crippen molar-refractivity contribution in [2.75, 3.05) is 5.73 Å². The highest BCUT2D eigenvalue weighted by Gasteiger charge is 2.07. The molecule has 0 unspecified atom stereocenters. The Kier molecular flexibility index (Phi) is 2.78. The predicted octanol–water partition coefficient (Wildman–Crippen LogP) is 2.01. The first-order valence-corrected chi connectivity index (χ1v) is 5.05. The summed E-state index contributed by atoms with van der Waals surface area (Å²) in [6.45, 7) is 2.23. The zero-order chi connectivity index (χ0) is 11.7. The molecule has 0 atom stereocenters. The molecule has 0 aliphatic carbocycles. The van der Waals surface area contributed by atoms with Crippen LogP contribution in [0, 0.1) is 12.7 Å². The van der Waals surface area contributed by atoms with E-state index >= 15 is 0 Å². The summed E-state index contributed by atoms with van der Waals surface area (Å²) in [5.74, 6) is -0.0562. The highest BCUT2D eigenvalue weighted by Crippen LogP contribution is 2.17. The third-order valence-electron chi connectivity index (χ3n) is 2.33. The number of benzene rings is 1. The fourth-order valence-corrected chi connectivity index (χ4v) is 1.45. The molecular formula is C10H10ClFN4. The maximum Gasteiger partial charge on any atom is 0.168 e. The van der Waals surface area contributed by atoms with E-state index in [9.17, 15) is 4.39 Å². The van der Waals surface area contributed by atoms with Crippen molar-refractivity contribution in [1.82, 2.24) is 15.0 Å². The highest BCUT2D eigenvalue weighted by molar-refractivity contribution is 6.30. The largest absolute Gasteiger partial charge is 0.381 e. The number of anilines is 1. The van der Waals surface area contributed by atoms with Gasteiger partial charge in [-0.05, 0) is 24.6 Å². The molecule has 2 aromatic rings. The van der Waals surface area contributed by atoms with Crippen LogP contribution in [0.4, 0.5) is 10.2 Å². The molecule has 0 bridgehead atoms. The van der Waals surface area contributed by atoms with Crippen molar-refractivity contribution >= 4 is 17.4 Å². The van der Waals surface area contributed by atoms with Gasteiger partial charge in [-0.15, -0.1) is 5.10 Å². The number of rotatable bonds is 2. The number of nitrogens with two attached hydrogens (primary N) is 1. The standard InChI is InChI=1S/C10H10ClFN4/c1-6-10(13)14-15-16(6)5-7-2-3-8(11)9(12)4-7/h2-4H,5,13H2,1H3. The van der Waals surface area contributed by atoms with Crippen LogP contribution in [0.1, 0.15) is 11.3 Å². The van der Waals surface area contributed by atoms with Gasteiger partial charge in [-0.25, -0.2) is 9.07 Å². The van der Waals surface area contributed by atoms with E-state index in [0.29, 0.717) is 12.4 Å². The molecule has 0 amide bonds. The van der Waals surface area contributed by atoms with Crippen LogP contribution in [0.3, 0.4) is 0 Å². The van der Waals surface area contributed by atoms with Crippen LogP contribution in [-0.2, 0) is 6.54 Å². The Hall–Kier alpha value is -1.62. The summed E-state index contributed by atoms with van der Waals surface area (Å²) in [6, 6.07) is 4.63. The minimum absolute atomic E-state index is 0.110. The van der Waals surface area contributed by atoms with Gasteiger partial charge in [0, 0.05) is 0 Å². The summed E-state index contributed by atoms with van der Waals surface area (Å²) in [4.78, 5) is 0. The maximum absolute atomic E-state index is 13.2. The Labute approximate surface area is 96.8 Å². The molecule has 0 aliphatic heterocycles. The molecule has 0 fully saturated rings. The van der Waals surface area contributed by atoms with Crippen molar-refractivity contribution in [3.8, 4) is 0 Å². The van der Waals surface area contributed by atoms with Crippen LogP contribution < -0.4 is 5.73 Å². The molecule has 84 valence electrons. The molecule has 0 radical (unpaired) electrons. The number of nitrogens with zero attached hydrogens (tertiary/aromatic N) is 3. The van der Waals surface area contributed by atoms with E-state index in [1.54, 1.807) is 10.7 Å². The number of aromatic nitrogens is 3. The van der Waals surface area contributed by atoms with E-state index in [2.05, 4.69) is 10.3 Å². The Morgan fingerprint density at radius 3 is 2.81 bits per heavy atom. The van der Waals surface area contributed by atoms with Crippen molar-refractivity contribution in [1.29, 1.82) is 0 Å². The van der Waals surface area contributed by atoms with Crippen LogP contribution in [-0.4, -0.2) is 15.0 Å². The van der Waals surface area contributed by atoms with E-state index in [0.717, 1.165) is 11.3 Å². The van der Waals surface area contributed by atoms with Gasteiger partial charge in [0.25, 0.3) is 0 Å². The molecule has 2 rings (SSSR count). The lowest BCUT2D eigenvalue weighted by molar-refractivity contribution is 0.609.